The predicted octanol–water partition coefficient (Wildman–Crippen LogP) is 1.17. The number of rotatable bonds is 3. The van der Waals surface area contributed by atoms with Crippen molar-refractivity contribution in [3.8, 4) is 5.75 Å². The first kappa shape index (κ1) is 12.7. The van der Waals surface area contributed by atoms with Gasteiger partial charge in [0, 0.05) is 12.1 Å². The Hall–Kier alpha value is -2.70. The van der Waals surface area contributed by atoms with Crippen LogP contribution in [0.1, 0.15) is 10.5 Å². The Morgan fingerprint density at radius 2 is 2.16 bits per heavy atom. The van der Waals surface area contributed by atoms with E-state index in [9.17, 15) is 14.0 Å². The molecular formula is C12H10FN3O3. The van der Waals surface area contributed by atoms with Crippen molar-refractivity contribution in [2.45, 2.75) is 0 Å². The van der Waals surface area contributed by atoms with E-state index in [4.69, 9.17) is 4.74 Å². The molecule has 0 radical (unpaired) electrons. The minimum absolute atomic E-state index is 0.00548. The van der Waals surface area contributed by atoms with E-state index in [1.807, 2.05) is 0 Å². The zero-order valence-corrected chi connectivity index (χ0v) is 9.94. The van der Waals surface area contributed by atoms with Gasteiger partial charge in [0.2, 0.25) is 0 Å². The third kappa shape index (κ3) is 2.95. The molecule has 0 bridgehead atoms. The van der Waals surface area contributed by atoms with Crippen molar-refractivity contribution in [2.75, 3.05) is 12.4 Å². The molecule has 0 spiro atoms. The molecule has 1 aromatic heterocycles. The summed E-state index contributed by atoms with van der Waals surface area (Å²) < 4.78 is 18.1. The van der Waals surface area contributed by atoms with Gasteiger partial charge < -0.3 is 10.1 Å². The second-order valence-corrected chi connectivity index (χ2v) is 3.61. The fourth-order valence-electron chi connectivity index (χ4n) is 1.44. The molecule has 7 heteroatoms. The number of amides is 1. The smallest absolute Gasteiger partial charge is 0.276 e. The number of benzene rings is 1. The van der Waals surface area contributed by atoms with E-state index in [2.05, 4.69) is 15.5 Å². The highest BCUT2D eigenvalue weighted by Crippen LogP contribution is 2.25. The van der Waals surface area contributed by atoms with Crippen molar-refractivity contribution < 1.29 is 13.9 Å². The molecule has 0 aliphatic heterocycles. The van der Waals surface area contributed by atoms with Crippen molar-refractivity contribution in [3.63, 3.8) is 0 Å². The molecule has 2 rings (SSSR count). The number of carbonyl (C=O) groups is 1. The molecule has 0 saturated heterocycles. The molecule has 0 unspecified atom stereocenters. The topological polar surface area (TPSA) is 84.1 Å². The molecule has 0 atom stereocenters. The molecule has 2 aromatic rings. The Kier molecular flexibility index (Phi) is 3.56. The van der Waals surface area contributed by atoms with E-state index in [0.29, 0.717) is 5.75 Å². The first-order valence-electron chi connectivity index (χ1n) is 5.31. The van der Waals surface area contributed by atoms with Gasteiger partial charge in [0.1, 0.15) is 17.3 Å². The van der Waals surface area contributed by atoms with Gasteiger partial charge in [-0.15, -0.1) is 0 Å². The Bertz CT molecular complexity index is 649. The summed E-state index contributed by atoms with van der Waals surface area (Å²) in [6, 6.07) is 6.17. The predicted molar refractivity (Wildman–Crippen MR) is 65.8 cm³/mol. The number of aromatic nitrogens is 2. The molecule has 2 N–H and O–H groups in total. The number of anilines is 1. The molecular weight excluding hydrogens is 253 g/mol. The lowest BCUT2D eigenvalue weighted by Crippen LogP contribution is -2.18. The molecule has 1 amide bonds. The monoisotopic (exact) mass is 263 g/mol. The van der Waals surface area contributed by atoms with Crippen LogP contribution in [-0.2, 0) is 0 Å². The van der Waals surface area contributed by atoms with Gasteiger partial charge in [-0.05, 0) is 18.2 Å². The lowest BCUT2D eigenvalue weighted by molar-refractivity contribution is 0.102. The summed E-state index contributed by atoms with van der Waals surface area (Å²) in [7, 11) is 1.40. The number of methoxy groups -OCH3 is 1. The second kappa shape index (κ2) is 5.30. The highest BCUT2D eigenvalue weighted by Gasteiger charge is 2.11. The maximum Gasteiger partial charge on any atom is 0.276 e. The number of hydrogen-bond donors (Lipinski definition) is 2. The SMILES string of the molecule is COc1ccc(F)cc1NC(=O)c1ccc(=O)[nH]n1. The molecule has 1 aromatic carbocycles. The first-order valence-corrected chi connectivity index (χ1v) is 5.31. The molecule has 0 fully saturated rings. The van der Waals surface area contributed by atoms with Crippen LogP contribution in [0.5, 0.6) is 5.75 Å². The fourth-order valence-corrected chi connectivity index (χ4v) is 1.44. The summed E-state index contributed by atoms with van der Waals surface area (Å²) in [6.07, 6.45) is 0. The molecule has 1 heterocycles. The average molecular weight is 263 g/mol. The molecule has 98 valence electrons. The van der Waals surface area contributed by atoms with Gasteiger partial charge in [0.25, 0.3) is 11.5 Å². The third-order valence-corrected chi connectivity index (χ3v) is 2.32. The average Bonchev–Trinajstić information content (AvgIpc) is 2.39. The Morgan fingerprint density at radius 3 is 2.79 bits per heavy atom. The molecule has 0 aliphatic carbocycles. The minimum atomic E-state index is -0.583. The van der Waals surface area contributed by atoms with Crippen LogP contribution in [-0.4, -0.2) is 23.2 Å². The normalized spacial score (nSPS) is 10.0. The quantitative estimate of drug-likeness (QED) is 0.870. The van der Waals surface area contributed by atoms with Crippen LogP contribution in [0, 0.1) is 5.82 Å². The molecule has 0 aliphatic rings. The van der Waals surface area contributed by atoms with E-state index in [-0.39, 0.29) is 11.4 Å². The van der Waals surface area contributed by atoms with Gasteiger partial charge >= 0.3 is 0 Å². The zero-order valence-electron chi connectivity index (χ0n) is 9.94. The van der Waals surface area contributed by atoms with Crippen LogP contribution in [0.4, 0.5) is 10.1 Å². The number of carbonyl (C=O) groups excluding carboxylic acids is 1. The van der Waals surface area contributed by atoms with E-state index >= 15 is 0 Å². The van der Waals surface area contributed by atoms with E-state index in [1.54, 1.807) is 0 Å². The highest BCUT2D eigenvalue weighted by atomic mass is 19.1. The number of nitrogens with one attached hydrogen (secondary N) is 2. The second-order valence-electron chi connectivity index (χ2n) is 3.61. The van der Waals surface area contributed by atoms with E-state index in [1.165, 1.54) is 31.4 Å². The standard InChI is InChI=1S/C12H10FN3O3/c1-19-10-4-2-7(13)6-9(10)14-12(18)8-3-5-11(17)16-15-8/h2-6H,1H3,(H,14,18)(H,16,17). The van der Waals surface area contributed by atoms with Crippen LogP contribution in [0.25, 0.3) is 0 Å². The van der Waals surface area contributed by atoms with Crippen molar-refractivity contribution >= 4 is 11.6 Å². The fraction of sp³-hybridized carbons (Fsp3) is 0.0833. The number of ether oxygens (including phenoxy) is 1. The molecule has 0 saturated carbocycles. The minimum Gasteiger partial charge on any atom is -0.495 e. The summed E-state index contributed by atoms with van der Waals surface area (Å²) in [5.74, 6) is -0.773. The van der Waals surface area contributed by atoms with Crippen LogP contribution in [0.15, 0.2) is 35.1 Å². The van der Waals surface area contributed by atoms with Crippen LogP contribution in [0.3, 0.4) is 0 Å². The number of hydrogen-bond acceptors (Lipinski definition) is 4. The maximum absolute atomic E-state index is 13.1. The van der Waals surface area contributed by atoms with Gasteiger partial charge in [-0.1, -0.05) is 0 Å². The maximum atomic E-state index is 13.1. The first-order chi connectivity index (χ1) is 9.10. The molecule has 6 nitrogen and oxygen atoms in total. The lowest BCUT2D eigenvalue weighted by Gasteiger charge is -2.09. The highest BCUT2D eigenvalue weighted by molar-refractivity contribution is 6.03. The Morgan fingerprint density at radius 1 is 1.37 bits per heavy atom. The number of H-pyrrole nitrogens is 1. The van der Waals surface area contributed by atoms with Gasteiger partial charge in [-0.25, -0.2) is 9.49 Å². The summed E-state index contributed by atoms with van der Waals surface area (Å²) in [5.41, 5.74) is -0.230. The summed E-state index contributed by atoms with van der Waals surface area (Å²) >= 11 is 0. The van der Waals surface area contributed by atoms with Crippen molar-refractivity contribution in [1.82, 2.24) is 10.2 Å². The van der Waals surface area contributed by atoms with E-state index in [0.717, 1.165) is 6.07 Å². The van der Waals surface area contributed by atoms with Crippen molar-refractivity contribution in [1.29, 1.82) is 0 Å². The zero-order chi connectivity index (χ0) is 13.8. The summed E-state index contributed by atoms with van der Waals surface area (Å²) in [4.78, 5) is 22.7. The molecule has 19 heavy (non-hydrogen) atoms. The van der Waals surface area contributed by atoms with Crippen LogP contribution < -0.4 is 15.6 Å². The third-order valence-electron chi connectivity index (χ3n) is 2.32. The van der Waals surface area contributed by atoms with Crippen molar-refractivity contribution in [3.05, 3.63) is 52.2 Å². The number of halogens is 1. The summed E-state index contributed by atoms with van der Waals surface area (Å²) in [6.45, 7) is 0. The van der Waals surface area contributed by atoms with Crippen LogP contribution in [0.2, 0.25) is 0 Å². The van der Waals surface area contributed by atoms with Gasteiger partial charge in [0.15, 0.2) is 0 Å². The lowest BCUT2D eigenvalue weighted by atomic mass is 10.2. The van der Waals surface area contributed by atoms with Crippen LogP contribution >= 0.6 is 0 Å². The Labute approximate surface area is 107 Å². The van der Waals surface area contributed by atoms with Crippen molar-refractivity contribution in [2.24, 2.45) is 0 Å². The Balaban J connectivity index is 2.25. The van der Waals surface area contributed by atoms with Gasteiger partial charge in [0.05, 0.1) is 12.8 Å². The number of nitrogens with zero attached hydrogens (tertiary/aromatic N) is 1. The number of aromatic amines is 1. The largest absolute Gasteiger partial charge is 0.495 e. The van der Waals surface area contributed by atoms with Gasteiger partial charge in [-0.2, -0.15) is 5.10 Å². The van der Waals surface area contributed by atoms with E-state index < -0.39 is 17.3 Å². The summed E-state index contributed by atoms with van der Waals surface area (Å²) in [5, 5.41) is 8.15. The van der Waals surface area contributed by atoms with Gasteiger partial charge in [-0.3, -0.25) is 9.59 Å².